The zero-order valence-corrected chi connectivity index (χ0v) is 16.3. The van der Waals surface area contributed by atoms with Crippen LogP contribution in [-0.2, 0) is 0 Å². The van der Waals surface area contributed by atoms with Crippen LogP contribution in [-0.4, -0.2) is 0 Å². The fourth-order valence-electron chi connectivity index (χ4n) is 4.14. The highest BCUT2D eigenvalue weighted by atomic mass is 16.3. The number of hydrogen-bond donors (Lipinski definition) is 1. The van der Waals surface area contributed by atoms with Crippen molar-refractivity contribution >= 4 is 44.1 Å². The molecule has 1 heterocycles. The number of para-hydroxylation sites is 1. The van der Waals surface area contributed by atoms with Gasteiger partial charge in [0.25, 0.3) is 0 Å². The van der Waals surface area contributed by atoms with Crippen LogP contribution in [0.4, 0.5) is 11.4 Å². The van der Waals surface area contributed by atoms with E-state index in [4.69, 9.17) is 4.42 Å². The van der Waals surface area contributed by atoms with Crippen molar-refractivity contribution in [3.8, 4) is 11.1 Å². The summed E-state index contributed by atoms with van der Waals surface area (Å²) >= 11 is 0. The first-order valence-corrected chi connectivity index (χ1v) is 10.1. The lowest BCUT2D eigenvalue weighted by Crippen LogP contribution is -1.91. The minimum absolute atomic E-state index is 0.923. The number of benzene rings is 5. The highest BCUT2D eigenvalue weighted by Gasteiger charge is 2.08. The Morgan fingerprint density at radius 2 is 1.20 bits per heavy atom. The maximum absolute atomic E-state index is 6.05. The second-order valence-electron chi connectivity index (χ2n) is 7.54. The Morgan fingerprint density at radius 3 is 2.10 bits per heavy atom. The van der Waals surface area contributed by atoms with Gasteiger partial charge in [-0.2, -0.15) is 0 Å². The van der Waals surface area contributed by atoms with E-state index in [1.807, 2.05) is 18.2 Å². The first-order valence-electron chi connectivity index (χ1n) is 10.1. The molecule has 0 bridgehead atoms. The number of hydrogen-bond acceptors (Lipinski definition) is 2. The van der Waals surface area contributed by atoms with Crippen molar-refractivity contribution in [2.75, 3.05) is 5.32 Å². The summed E-state index contributed by atoms with van der Waals surface area (Å²) in [5.74, 6) is 0. The molecule has 0 aliphatic carbocycles. The minimum Gasteiger partial charge on any atom is -0.456 e. The highest BCUT2D eigenvalue weighted by Crippen LogP contribution is 2.33. The minimum atomic E-state index is 0.923. The maximum Gasteiger partial charge on any atom is 0.136 e. The summed E-state index contributed by atoms with van der Waals surface area (Å²) < 4.78 is 6.05. The Morgan fingerprint density at radius 1 is 0.500 bits per heavy atom. The van der Waals surface area contributed by atoms with Gasteiger partial charge in [-0.15, -0.1) is 0 Å². The van der Waals surface area contributed by atoms with Crippen LogP contribution >= 0.6 is 0 Å². The summed E-state index contributed by atoms with van der Waals surface area (Å²) in [5.41, 5.74) is 6.36. The van der Waals surface area contributed by atoms with Crippen LogP contribution in [0.2, 0.25) is 0 Å². The van der Waals surface area contributed by atoms with Gasteiger partial charge >= 0.3 is 0 Å². The molecule has 30 heavy (non-hydrogen) atoms. The van der Waals surface area contributed by atoms with E-state index < -0.39 is 0 Å². The average molecular weight is 385 g/mol. The zero-order valence-electron chi connectivity index (χ0n) is 16.3. The summed E-state index contributed by atoms with van der Waals surface area (Å²) in [4.78, 5) is 0. The van der Waals surface area contributed by atoms with Crippen LogP contribution in [0.25, 0.3) is 43.8 Å². The van der Waals surface area contributed by atoms with Crippen LogP contribution in [0.3, 0.4) is 0 Å². The van der Waals surface area contributed by atoms with Crippen molar-refractivity contribution < 1.29 is 4.42 Å². The van der Waals surface area contributed by atoms with Crippen molar-refractivity contribution in [1.82, 2.24) is 0 Å². The molecular weight excluding hydrogens is 366 g/mol. The second-order valence-corrected chi connectivity index (χ2v) is 7.54. The predicted molar refractivity (Wildman–Crippen MR) is 126 cm³/mol. The molecule has 1 aromatic heterocycles. The molecule has 2 nitrogen and oxygen atoms in total. The first-order chi connectivity index (χ1) is 14.8. The lowest BCUT2D eigenvalue weighted by atomic mass is 10.0. The van der Waals surface area contributed by atoms with Gasteiger partial charge in [0, 0.05) is 27.5 Å². The lowest BCUT2D eigenvalue weighted by Gasteiger charge is -2.11. The monoisotopic (exact) mass is 385 g/mol. The molecule has 0 saturated carbocycles. The first kappa shape index (κ1) is 16.9. The van der Waals surface area contributed by atoms with Gasteiger partial charge in [-0.25, -0.2) is 0 Å². The number of furan rings is 1. The largest absolute Gasteiger partial charge is 0.456 e. The molecule has 1 N–H and O–H groups in total. The van der Waals surface area contributed by atoms with E-state index in [2.05, 4.69) is 96.3 Å². The fourth-order valence-corrected chi connectivity index (χ4v) is 4.14. The van der Waals surface area contributed by atoms with Gasteiger partial charge in [0.15, 0.2) is 0 Å². The SMILES string of the molecule is c1ccc2c(Nc3ccc(-c4ccc5c(c4)oc4ccccc45)cc3)cccc2c1. The number of anilines is 2. The van der Waals surface area contributed by atoms with Crippen molar-refractivity contribution in [1.29, 1.82) is 0 Å². The Kier molecular flexibility index (Phi) is 3.82. The Labute approximate surface area is 174 Å². The van der Waals surface area contributed by atoms with Gasteiger partial charge in [-0.1, -0.05) is 72.8 Å². The van der Waals surface area contributed by atoms with Crippen LogP contribution < -0.4 is 5.32 Å². The molecule has 6 rings (SSSR count). The van der Waals surface area contributed by atoms with E-state index in [1.165, 1.54) is 16.3 Å². The molecule has 0 atom stereocenters. The van der Waals surface area contributed by atoms with Gasteiger partial charge in [-0.3, -0.25) is 0 Å². The van der Waals surface area contributed by atoms with Gasteiger partial charge in [0.05, 0.1) is 0 Å². The summed E-state index contributed by atoms with van der Waals surface area (Å²) in [6, 6.07) is 37.9. The van der Waals surface area contributed by atoms with E-state index >= 15 is 0 Å². The molecule has 0 aliphatic rings. The van der Waals surface area contributed by atoms with E-state index in [1.54, 1.807) is 0 Å². The summed E-state index contributed by atoms with van der Waals surface area (Å²) in [6.07, 6.45) is 0. The molecule has 2 heteroatoms. The van der Waals surface area contributed by atoms with E-state index in [0.29, 0.717) is 0 Å². The number of rotatable bonds is 3. The molecule has 6 aromatic rings. The average Bonchev–Trinajstić information content (AvgIpc) is 3.18. The summed E-state index contributed by atoms with van der Waals surface area (Å²) in [7, 11) is 0. The maximum atomic E-state index is 6.05. The molecule has 142 valence electrons. The van der Waals surface area contributed by atoms with Crippen LogP contribution in [0.1, 0.15) is 0 Å². The molecule has 0 aliphatic heterocycles. The normalized spacial score (nSPS) is 11.3. The van der Waals surface area contributed by atoms with Crippen molar-refractivity contribution in [3.05, 3.63) is 109 Å². The van der Waals surface area contributed by atoms with Gasteiger partial charge in [-0.05, 0) is 52.9 Å². The van der Waals surface area contributed by atoms with Crippen LogP contribution in [0.15, 0.2) is 114 Å². The fraction of sp³-hybridized carbons (Fsp3) is 0. The number of nitrogens with one attached hydrogen (secondary N) is 1. The smallest absolute Gasteiger partial charge is 0.136 e. The third-order valence-electron chi connectivity index (χ3n) is 5.67. The molecular formula is C28H19NO. The summed E-state index contributed by atoms with van der Waals surface area (Å²) in [6.45, 7) is 0. The predicted octanol–water partition coefficient (Wildman–Crippen LogP) is 8.15. The Bertz CT molecular complexity index is 1500. The van der Waals surface area contributed by atoms with E-state index in [-0.39, 0.29) is 0 Å². The summed E-state index contributed by atoms with van der Waals surface area (Å²) in [5, 5.41) is 8.33. The third kappa shape index (κ3) is 2.82. The molecule has 0 radical (unpaired) electrons. The molecule has 0 saturated heterocycles. The highest BCUT2D eigenvalue weighted by molar-refractivity contribution is 6.05. The number of fused-ring (bicyclic) bond motifs is 4. The standard InChI is InChI=1S/C28H19NO/c1-2-8-23-20(6-1)7-5-10-26(23)29-22-15-12-19(13-16-22)21-14-17-25-24-9-3-4-11-27(24)30-28(25)18-21/h1-18,29H. The molecule has 0 unspecified atom stereocenters. The van der Waals surface area contributed by atoms with E-state index in [9.17, 15) is 0 Å². The van der Waals surface area contributed by atoms with Crippen molar-refractivity contribution in [2.24, 2.45) is 0 Å². The van der Waals surface area contributed by atoms with Crippen molar-refractivity contribution in [3.63, 3.8) is 0 Å². The Balaban J connectivity index is 1.33. The van der Waals surface area contributed by atoms with Gasteiger partial charge in [0.2, 0.25) is 0 Å². The van der Waals surface area contributed by atoms with Gasteiger partial charge in [0.1, 0.15) is 11.2 Å². The van der Waals surface area contributed by atoms with Crippen LogP contribution in [0, 0.1) is 0 Å². The molecule has 0 spiro atoms. The van der Waals surface area contributed by atoms with E-state index in [0.717, 1.165) is 38.9 Å². The molecule has 0 fully saturated rings. The Hall–Kier alpha value is -4.04. The molecule has 5 aromatic carbocycles. The van der Waals surface area contributed by atoms with Crippen molar-refractivity contribution in [2.45, 2.75) is 0 Å². The topological polar surface area (TPSA) is 25.2 Å². The third-order valence-corrected chi connectivity index (χ3v) is 5.67. The van der Waals surface area contributed by atoms with Crippen LogP contribution in [0.5, 0.6) is 0 Å². The quantitative estimate of drug-likeness (QED) is 0.332. The lowest BCUT2D eigenvalue weighted by molar-refractivity contribution is 0.669. The van der Waals surface area contributed by atoms with Gasteiger partial charge < -0.3 is 9.73 Å². The second kappa shape index (κ2) is 6.78. The molecule has 0 amide bonds. The zero-order chi connectivity index (χ0) is 19.9.